The number of H-pyrrole nitrogens is 1. The van der Waals surface area contributed by atoms with Crippen molar-refractivity contribution in [2.24, 2.45) is 0 Å². The predicted molar refractivity (Wildman–Crippen MR) is 103 cm³/mol. The molecule has 0 saturated heterocycles. The summed E-state index contributed by atoms with van der Waals surface area (Å²) in [5, 5.41) is 10.1. The number of fused-ring (bicyclic) bond motifs is 1. The van der Waals surface area contributed by atoms with Gasteiger partial charge in [0.25, 0.3) is 5.56 Å². The van der Waals surface area contributed by atoms with Crippen molar-refractivity contribution in [3.8, 4) is 28.6 Å². The molecule has 1 N–H and O–H groups in total. The number of aromatic nitrogens is 2. The highest BCUT2D eigenvalue weighted by atomic mass is 16.1. The molecule has 0 spiro atoms. The molecule has 0 aliphatic rings. The zero-order valence-electron chi connectivity index (χ0n) is 14.2. The minimum Gasteiger partial charge on any atom is -0.321 e. The number of aromatic amines is 1. The first-order valence-electron chi connectivity index (χ1n) is 8.27. The molecule has 0 fully saturated rings. The summed E-state index contributed by atoms with van der Waals surface area (Å²) in [4.78, 5) is 20.3. The first-order valence-corrected chi connectivity index (χ1v) is 8.27. The van der Waals surface area contributed by atoms with E-state index in [-0.39, 0.29) is 5.56 Å². The number of nitrogens with zero attached hydrogens (tertiary/aromatic N) is 2. The van der Waals surface area contributed by atoms with Crippen LogP contribution in [-0.4, -0.2) is 9.97 Å². The van der Waals surface area contributed by atoms with Crippen LogP contribution in [0.25, 0.3) is 33.4 Å². The van der Waals surface area contributed by atoms with E-state index in [1.807, 2.05) is 66.7 Å². The quantitative estimate of drug-likeness (QED) is 0.588. The van der Waals surface area contributed by atoms with Crippen LogP contribution in [0.15, 0.2) is 71.5 Å². The summed E-state index contributed by atoms with van der Waals surface area (Å²) in [6.45, 7) is 1.80. The van der Waals surface area contributed by atoms with Crippen molar-refractivity contribution >= 4 is 10.9 Å². The average Bonchev–Trinajstić information content (AvgIpc) is 2.68. The van der Waals surface area contributed by atoms with Gasteiger partial charge in [-0.25, -0.2) is 4.98 Å². The molecule has 0 bridgehead atoms. The minimum absolute atomic E-state index is 0.234. The lowest BCUT2D eigenvalue weighted by Crippen LogP contribution is -2.11. The lowest BCUT2D eigenvalue weighted by molar-refractivity contribution is 1.23. The molecule has 26 heavy (non-hydrogen) atoms. The van der Waals surface area contributed by atoms with E-state index in [1.165, 1.54) is 0 Å². The van der Waals surface area contributed by atoms with Crippen molar-refractivity contribution in [3.63, 3.8) is 0 Å². The van der Waals surface area contributed by atoms with Crippen LogP contribution in [0.2, 0.25) is 0 Å². The van der Waals surface area contributed by atoms with E-state index in [1.54, 1.807) is 6.92 Å². The van der Waals surface area contributed by atoms with Crippen molar-refractivity contribution < 1.29 is 0 Å². The summed E-state index contributed by atoms with van der Waals surface area (Å²) in [6, 6.07) is 23.3. The Morgan fingerprint density at radius 3 is 2.19 bits per heavy atom. The molecular formula is C22H15N3O. The van der Waals surface area contributed by atoms with Crippen molar-refractivity contribution in [3.05, 3.63) is 88.2 Å². The molecule has 4 heteroatoms. The third-order valence-corrected chi connectivity index (χ3v) is 4.48. The van der Waals surface area contributed by atoms with Gasteiger partial charge in [0.15, 0.2) is 0 Å². The molecule has 4 aromatic rings. The fraction of sp³-hybridized carbons (Fsp3) is 0.0455. The molecule has 0 radical (unpaired) electrons. The van der Waals surface area contributed by atoms with Crippen molar-refractivity contribution in [1.29, 1.82) is 5.26 Å². The second-order valence-corrected chi connectivity index (χ2v) is 6.08. The number of nitrogens with one attached hydrogen (secondary N) is 1. The third-order valence-electron chi connectivity index (χ3n) is 4.48. The summed E-state index contributed by atoms with van der Waals surface area (Å²) in [5.41, 5.74) is 4.51. The molecule has 2 aromatic heterocycles. The Hall–Kier alpha value is -3.71. The van der Waals surface area contributed by atoms with Gasteiger partial charge in [-0.3, -0.25) is 4.79 Å². The van der Waals surface area contributed by atoms with Gasteiger partial charge in [-0.1, -0.05) is 60.7 Å². The van der Waals surface area contributed by atoms with Crippen molar-refractivity contribution in [1.82, 2.24) is 9.97 Å². The van der Waals surface area contributed by atoms with Gasteiger partial charge in [-0.05, 0) is 24.1 Å². The maximum atomic E-state index is 12.7. The molecule has 2 heterocycles. The minimum atomic E-state index is -0.234. The van der Waals surface area contributed by atoms with Gasteiger partial charge in [-0.15, -0.1) is 0 Å². The largest absolute Gasteiger partial charge is 0.321 e. The predicted octanol–water partition coefficient (Wildman–Crippen LogP) is 4.44. The van der Waals surface area contributed by atoms with Crippen LogP contribution in [0.3, 0.4) is 0 Å². The van der Waals surface area contributed by atoms with E-state index in [0.717, 1.165) is 11.1 Å². The zero-order chi connectivity index (χ0) is 18.1. The van der Waals surface area contributed by atoms with Gasteiger partial charge in [0.2, 0.25) is 0 Å². The molecule has 0 aliphatic carbocycles. The van der Waals surface area contributed by atoms with Gasteiger partial charge in [0.05, 0.1) is 27.9 Å². The SMILES string of the molecule is Cc1c(C#N)c(-c2ccccc2)nc2cc(-c3ccccc3)[nH]c(=O)c12. The Labute approximate surface area is 150 Å². The highest BCUT2D eigenvalue weighted by Gasteiger charge is 2.16. The van der Waals surface area contributed by atoms with E-state index in [0.29, 0.717) is 33.4 Å². The van der Waals surface area contributed by atoms with Gasteiger partial charge < -0.3 is 4.98 Å². The van der Waals surface area contributed by atoms with Gasteiger partial charge in [0, 0.05) is 5.56 Å². The van der Waals surface area contributed by atoms with Crippen LogP contribution in [-0.2, 0) is 0 Å². The summed E-state index contributed by atoms with van der Waals surface area (Å²) >= 11 is 0. The molecule has 4 nitrogen and oxygen atoms in total. The smallest absolute Gasteiger partial charge is 0.258 e. The standard InChI is InChI=1S/C22H15N3O/c1-14-17(13-23)21(16-10-6-3-7-11-16)24-19-12-18(25-22(26)20(14)19)15-8-4-2-5-9-15/h2-12H,1H3,(H,25,26). The summed E-state index contributed by atoms with van der Waals surface area (Å²) in [7, 11) is 0. The van der Waals surface area contributed by atoms with Crippen molar-refractivity contribution in [2.45, 2.75) is 6.92 Å². The first-order chi connectivity index (χ1) is 12.7. The topological polar surface area (TPSA) is 69.5 Å². The summed E-state index contributed by atoms with van der Waals surface area (Å²) < 4.78 is 0. The Balaban J connectivity index is 2.06. The number of hydrogen-bond donors (Lipinski definition) is 1. The summed E-state index contributed by atoms with van der Waals surface area (Å²) in [5.74, 6) is 0. The van der Waals surface area contributed by atoms with Crippen LogP contribution in [0, 0.1) is 18.3 Å². The number of hydrogen-bond acceptors (Lipinski definition) is 3. The van der Waals surface area contributed by atoms with Crippen molar-refractivity contribution in [2.75, 3.05) is 0 Å². The number of nitriles is 1. The van der Waals surface area contributed by atoms with Gasteiger partial charge in [0.1, 0.15) is 6.07 Å². The van der Waals surface area contributed by atoms with Crippen LogP contribution in [0.1, 0.15) is 11.1 Å². The Bertz CT molecular complexity index is 1200. The van der Waals surface area contributed by atoms with E-state index in [4.69, 9.17) is 0 Å². The van der Waals surface area contributed by atoms with Crippen LogP contribution in [0.4, 0.5) is 0 Å². The maximum absolute atomic E-state index is 12.7. The van der Waals surface area contributed by atoms with E-state index < -0.39 is 0 Å². The molecule has 0 aliphatic heterocycles. The normalized spacial score (nSPS) is 10.6. The fourth-order valence-corrected chi connectivity index (χ4v) is 3.19. The zero-order valence-corrected chi connectivity index (χ0v) is 14.2. The molecule has 0 amide bonds. The van der Waals surface area contributed by atoms with Gasteiger partial charge >= 0.3 is 0 Å². The number of aryl methyl sites for hydroxylation is 1. The Morgan fingerprint density at radius 2 is 1.58 bits per heavy atom. The first kappa shape index (κ1) is 15.8. The van der Waals surface area contributed by atoms with E-state index >= 15 is 0 Å². The lowest BCUT2D eigenvalue weighted by atomic mass is 9.98. The summed E-state index contributed by atoms with van der Waals surface area (Å²) in [6.07, 6.45) is 0. The molecule has 0 unspecified atom stereocenters. The second-order valence-electron chi connectivity index (χ2n) is 6.08. The van der Waals surface area contributed by atoms with Crippen LogP contribution < -0.4 is 5.56 Å². The number of benzene rings is 2. The van der Waals surface area contributed by atoms with Gasteiger partial charge in [-0.2, -0.15) is 5.26 Å². The molecule has 2 aromatic carbocycles. The highest BCUT2D eigenvalue weighted by Crippen LogP contribution is 2.29. The Morgan fingerprint density at radius 1 is 0.962 bits per heavy atom. The number of rotatable bonds is 2. The molecule has 0 atom stereocenters. The average molecular weight is 337 g/mol. The number of pyridine rings is 2. The Kier molecular flexibility index (Phi) is 3.83. The van der Waals surface area contributed by atoms with Crippen LogP contribution >= 0.6 is 0 Å². The maximum Gasteiger partial charge on any atom is 0.258 e. The van der Waals surface area contributed by atoms with Crippen LogP contribution in [0.5, 0.6) is 0 Å². The molecule has 0 saturated carbocycles. The van der Waals surface area contributed by atoms with E-state index in [9.17, 15) is 10.1 Å². The lowest BCUT2D eigenvalue weighted by Gasteiger charge is -2.11. The van der Waals surface area contributed by atoms with E-state index in [2.05, 4.69) is 16.0 Å². The molecular weight excluding hydrogens is 322 g/mol. The fourth-order valence-electron chi connectivity index (χ4n) is 3.19. The monoisotopic (exact) mass is 337 g/mol. The second kappa shape index (κ2) is 6.30. The molecule has 124 valence electrons. The third kappa shape index (κ3) is 2.56. The highest BCUT2D eigenvalue weighted by molar-refractivity contribution is 5.89. The molecule has 4 rings (SSSR count).